The smallest absolute Gasteiger partial charge is 0.225 e. The van der Waals surface area contributed by atoms with Gasteiger partial charge in [-0.1, -0.05) is 44.2 Å². The summed E-state index contributed by atoms with van der Waals surface area (Å²) in [5, 5.41) is 7.38. The Morgan fingerprint density at radius 1 is 1.18 bits per heavy atom. The van der Waals surface area contributed by atoms with Crippen LogP contribution >= 0.6 is 0 Å². The predicted molar refractivity (Wildman–Crippen MR) is 114 cm³/mol. The molecule has 0 saturated carbocycles. The van der Waals surface area contributed by atoms with E-state index in [4.69, 9.17) is 9.97 Å². The van der Waals surface area contributed by atoms with Gasteiger partial charge in [-0.2, -0.15) is 0 Å². The largest absolute Gasteiger partial charge is 0.340 e. The Bertz CT molecular complexity index is 783. The normalized spacial score (nSPS) is 21.9. The molecular weight excluding hydrogens is 346 g/mol. The molecule has 2 N–H and O–H groups in total. The maximum atomic E-state index is 5.01. The zero-order valence-corrected chi connectivity index (χ0v) is 17.4. The van der Waals surface area contributed by atoms with Crippen molar-refractivity contribution >= 4 is 5.95 Å². The molecule has 0 amide bonds. The number of nitrogens with zero attached hydrogens (tertiary/aromatic N) is 3. The molecule has 2 aromatic rings. The lowest BCUT2D eigenvalue weighted by molar-refractivity contribution is 0.229. The molecule has 1 saturated heterocycles. The van der Waals surface area contributed by atoms with Crippen LogP contribution in [0, 0.1) is 5.41 Å². The average molecular weight is 380 g/mol. The molecule has 0 spiro atoms. The number of hydrogen-bond donors (Lipinski definition) is 2. The SMILES string of the molecule is CN(Cc1ccccc1)c1ncc2c(n1)CC(C)(C)CC2NC1CCNCC1. The third kappa shape index (κ3) is 4.53. The van der Waals surface area contributed by atoms with Gasteiger partial charge in [-0.3, -0.25) is 0 Å². The number of benzene rings is 1. The maximum Gasteiger partial charge on any atom is 0.225 e. The quantitative estimate of drug-likeness (QED) is 0.833. The summed E-state index contributed by atoms with van der Waals surface area (Å²) in [5.41, 5.74) is 4.04. The van der Waals surface area contributed by atoms with Gasteiger partial charge in [-0.05, 0) is 49.8 Å². The average Bonchev–Trinajstić information content (AvgIpc) is 2.68. The van der Waals surface area contributed by atoms with Crippen molar-refractivity contribution in [2.45, 2.75) is 58.2 Å². The molecule has 2 heterocycles. The molecule has 1 aliphatic heterocycles. The summed E-state index contributed by atoms with van der Waals surface area (Å²) in [6.07, 6.45) is 6.64. The molecule has 150 valence electrons. The molecule has 4 rings (SSSR count). The van der Waals surface area contributed by atoms with Gasteiger partial charge in [0, 0.05) is 37.4 Å². The molecule has 1 fully saturated rings. The summed E-state index contributed by atoms with van der Waals surface area (Å²) < 4.78 is 0. The van der Waals surface area contributed by atoms with Crippen molar-refractivity contribution in [2.24, 2.45) is 5.41 Å². The number of nitrogens with one attached hydrogen (secondary N) is 2. The van der Waals surface area contributed by atoms with Gasteiger partial charge in [-0.15, -0.1) is 0 Å². The van der Waals surface area contributed by atoms with Gasteiger partial charge in [0.25, 0.3) is 0 Å². The molecule has 0 radical (unpaired) electrons. The molecule has 1 aromatic carbocycles. The Morgan fingerprint density at radius 2 is 1.93 bits per heavy atom. The number of rotatable bonds is 5. The predicted octanol–water partition coefficient (Wildman–Crippen LogP) is 3.47. The standard InChI is InChI=1S/C23H33N5/c1-23(2)13-20(26-18-9-11-24-12-10-18)19-15-25-22(27-21(19)14-23)28(3)16-17-7-5-4-6-8-17/h4-8,15,18,20,24,26H,9-14,16H2,1-3H3. The van der Waals surface area contributed by atoms with Crippen molar-refractivity contribution in [3.63, 3.8) is 0 Å². The number of hydrogen-bond acceptors (Lipinski definition) is 5. The van der Waals surface area contributed by atoms with Crippen molar-refractivity contribution in [2.75, 3.05) is 25.0 Å². The van der Waals surface area contributed by atoms with Crippen LogP contribution in [0.25, 0.3) is 0 Å². The minimum absolute atomic E-state index is 0.251. The van der Waals surface area contributed by atoms with Gasteiger partial charge in [0.2, 0.25) is 5.95 Å². The fraction of sp³-hybridized carbons (Fsp3) is 0.565. The fourth-order valence-corrected chi connectivity index (χ4v) is 4.57. The van der Waals surface area contributed by atoms with E-state index in [-0.39, 0.29) is 5.41 Å². The molecular formula is C23H33N5. The lowest BCUT2D eigenvalue weighted by atomic mass is 9.74. The maximum absolute atomic E-state index is 5.01. The van der Waals surface area contributed by atoms with E-state index in [1.807, 2.05) is 0 Å². The second-order valence-corrected chi connectivity index (χ2v) is 9.20. The van der Waals surface area contributed by atoms with E-state index in [2.05, 4.69) is 73.0 Å². The third-order valence-electron chi connectivity index (χ3n) is 6.05. The first kappa shape index (κ1) is 19.3. The van der Waals surface area contributed by atoms with Crippen LogP contribution in [-0.4, -0.2) is 36.1 Å². The first-order chi connectivity index (χ1) is 13.5. The lowest BCUT2D eigenvalue weighted by Crippen LogP contribution is -2.44. The van der Waals surface area contributed by atoms with Crippen LogP contribution in [0.1, 0.15) is 56.0 Å². The highest BCUT2D eigenvalue weighted by Gasteiger charge is 2.35. The molecule has 1 aromatic heterocycles. The Balaban J connectivity index is 1.54. The topological polar surface area (TPSA) is 53.1 Å². The van der Waals surface area contributed by atoms with E-state index >= 15 is 0 Å². The van der Waals surface area contributed by atoms with E-state index in [1.54, 1.807) is 0 Å². The zero-order chi connectivity index (χ0) is 19.6. The summed E-state index contributed by atoms with van der Waals surface area (Å²) >= 11 is 0. The molecule has 1 aliphatic carbocycles. The Kier molecular flexibility index (Phi) is 5.65. The van der Waals surface area contributed by atoms with E-state index in [9.17, 15) is 0 Å². The van der Waals surface area contributed by atoms with Crippen molar-refractivity contribution in [3.8, 4) is 0 Å². The van der Waals surface area contributed by atoms with Crippen molar-refractivity contribution in [1.82, 2.24) is 20.6 Å². The summed E-state index contributed by atoms with van der Waals surface area (Å²) in [5.74, 6) is 0.820. The monoisotopic (exact) mass is 379 g/mol. The van der Waals surface area contributed by atoms with Crippen LogP contribution in [0.2, 0.25) is 0 Å². The molecule has 5 nitrogen and oxygen atoms in total. The Hall–Kier alpha value is -1.98. The van der Waals surface area contributed by atoms with Crippen molar-refractivity contribution < 1.29 is 0 Å². The van der Waals surface area contributed by atoms with Crippen molar-refractivity contribution in [3.05, 3.63) is 53.3 Å². The molecule has 0 bridgehead atoms. The van der Waals surface area contributed by atoms with Gasteiger partial charge in [0.15, 0.2) is 0 Å². The van der Waals surface area contributed by atoms with Crippen LogP contribution in [0.15, 0.2) is 36.5 Å². The molecule has 1 unspecified atom stereocenters. The number of fused-ring (bicyclic) bond motifs is 1. The molecule has 1 atom stereocenters. The minimum atomic E-state index is 0.251. The first-order valence-corrected chi connectivity index (χ1v) is 10.6. The summed E-state index contributed by atoms with van der Waals surface area (Å²) in [4.78, 5) is 11.9. The second kappa shape index (κ2) is 8.18. The van der Waals surface area contributed by atoms with Gasteiger partial charge in [-0.25, -0.2) is 9.97 Å². The molecule has 5 heteroatoms. The highest BCUT2D eigenvalue weighted by Crippen LogP contribution is 2.40. The van der Waals surface area contributed by atoms with Gasteiger partial charge < -0.3 is 15.5 Å². The third-order valence-corrected chi connectivity index (χ3v) is 6.05. The van der Waals surface area contributed by atoms with Crippen LogP contribution in [-0.2, 0) is 13.0 Å². The van der Waals surface area contributed by atoms with Crippen molar-refractivity contribution in [1.29, 1.82) is 0 Å². The van der Waals surface area contributed by atoms with E-state index in [0.29, 0.717) is 12.1 Å². The van der Waals surface area contributed by atoms with Gasteiger partial charge in [0.1, 0.15) is 0 Å². The number of anilines is 1. The lowest BCUT2D eigenvalue weighted by Gasteiger charge is -2.39. The van der Waals surface area contributed by atoms with Crippen LogP contribution in [0.4, 0.5) is 5.95 Å². The van der Waals surface area contributed by atoms with Crippen LogP contribution in [0.5, 0.6) is 0 Å². The number of piperidine rings is 1. The van der Waals surface area contributed by atoms with Crippen LogP contribution in [0.3, 0.4) is 0 Å². The molecule has 2 aliphatic rings. The van der Waals surface area contributed by atoms with E-state index in [1.165, 1.54) is 29.7 Å². The fourth-order valence-electron chi connectivity index (χ4n) is 4.57. The first-order valence-electron chi connectivity index (χ1n) is 10.6. The summed E-state index contributed by atoms with van der Waals surface area (Å²) in [6, 6.07) is 11.5. The number of aromatic nitrogens is 2. The Labute approximate surface area is 169 Å². The second-order valence-electron chi connectivity index (χ2n) is 9.20. The highest BCUT2D eigenvalue weighted by molar-refractivity contribution is 5.37. The van der Waals surface area contributed by atoms with E-state index in [0.717, 1.165) is 38.4 Å². The minimum Gasteiger partial charge on any atom is -0.340 e. The summed E-state index contributed by atoms with van der Waals surface area (Å²) in [6.45, 7) is 7.77. The zero-order valence-electron chi connectivity index (χ0n) is 17.4. The van der Waals surface area contributed by atoms with E-state index < -0.39 is 0 Å². The summed E-state index contributed by atoms with van der Waals surface area (Å²) in [7, 11) is 2.08. The van der Waals surface area contributed by atoms with Gasteiger partial charge in [0.05, 0.1) is 5.69 Å². The highest BCUT2D eigenvalue weighted by atomic mass is 15.2. The Morgan fingerprint density at radius 3 is 2.68 bits per heavy atom. The van der Waals surface area contributed by atoms with Gasteiger partial charge >= 0.3 is 0 Å². The molecule has 28 heavy (non-hydrogen) atoms. The van der Waals surface area contributed by atoms with Crippen LogP contribution < -0.4 is 15.5 Å².